The molecule has 0 heterocycles. The van der Waals surface area contributed by atoms with E-state index in [1.165, 1.54) is 6.07 Å². The average Bonchev–Trinajstić information content (AvgIpc) is 2.23. The molecule has 0 aromatic heterocycles. The monoisotopic (exact) mass is 247 g/mol. The number of amides is 1. The lowest BCUT2D eigenvalue weighted by Gasteiger charge is -2.20. The van der Waals surface area contributed by atoms with E-state index in [0.717, 1.165) is 12.1 Å². The zero-order chi connectivity index (χ0) is 12.3. The molecule has 0 aliphatic carbocycles. The van der Waals surface area contributed by atoms with E-state index in [1.54, 1.807) is 13.8 Å². The van der Waals surface area contributed by atoms with Crippen LogP contribution in [0.5, 0.6) is 0 Å². The molecule has 1 aromatic carbocycles. The van der Waals surface area contributed by atoms with Gasteiger partial charge in [0.2, 0.25) is 5.91 Å². The summed E-state index contributed by atoms with van der Waals surface area (Å²) in [6.45, 7) is 3.18. The van der Waals surface area contributed by atoms with Crippen LogP contribution in [-0.2, 0) is 4.79 Å². The Labute approximate surface area is 97.6 Å². The number of nitrogens with one attached hydrogen (secondary N) is 1. The van der Waals surface area contributed by atoms with Gasteiger partial charge in [0.05, 0.1) is 5.41 Å². The number of hydrogen-bond acceptors (Lipinski definition) is 1. The van der Waals surface area contributed by atoms with Gasteiger partial charge in [0.15, 0.2) is 0 Å². The zero-order valence-electron chi connectivity index (χ0n) is 8.98. The summed E-state index contributed by atoms with van der Waals surface area (Å²) < 4.78 is 26.4. The van der Waals surface area contributed by atoms with Crippen molar-refractivity contribution < 1.29 is 13.6 Å². The highest BCUT2D eigenvalue weighted by Gasteiger charge is 2.27. The summed E-state index contributed by atoms with van der Waals surface area (Å²) in [5.74, 6) is -2.07. The summed E-state index contributed by atoms with van der Waals surface area (Å²) in [5, 5.41) is 2.20. The van der Waals surface area contributed by atoms with Crippen molar-refractivity contribution in [3.05, 3.63) is 29.8 Å². The van der Waals surface area contributed by atoms with Gasteiger partial charge in [-0.3, -0.25) is 4.79 Å². The quantitative estimate of drug-likeness (QED) is 0.817. The summed E-state index contributed by atoms with van der Waals surface area (Å²) >= 11 is 5.59. The molecule has 1 aromatic rings. The van der Waals surface area contributed by atoms with Crippen molar-refractivity contribution in [3.63, 3.8) is 0 Å². The van der Waals surface area contributed by atoms with Crippen molar-refractivity contribution in [3.8, 4) is 0 Å². The molecule has 16 heavy (non-hydrogen) atoms. The molecule has 0 atom stereocenters. The standard InChI is InChI=1S/C11H12ClF2NO/c1-11(2,6-12)10(16)15-9-7(13)4-3-5-8(9)14/h3-5H,6H2,1-2H3,(H,15,16). The fourth-order valence-electron chi connectivity index (χ4n) is 0.961. The molecule has 0 aliphatic heterocycles. The van der Waals surface area contributed by atoms with E-state index in [2.05, 4.69) is 5.32 Å². The second kappa shape index (κ2) is 4.78. The van der Waals surface area contributed by atoms with Crippen molar-refractivity contribution in [1.29, 1.82) is 0 Å². The lowest BCUT2D eigenvalue weighted by atomic mass is 9.95. The number of hydrogen-bond donors (Lipinski definition) is 1. The number of anilines is 1. The minimum Gasteiger partial charge on any atom is -0.321 e. The molecule has 0 radical (unpaired) electrons. The zero-order valence-corrected chi connectivity index (χ0v) is 9.74. The van der Waals surface area contributed by atoms with Crippen LogP contribution in [-0.4, -0.2) is 11.8 Å². The highest BCUT2D eigenvalue weighted by atomic mass is 35.5. The van der Waals surface area contributed by atoms with Crippen LogP contribution < -0.4 is 5.32 Å². The van der Waals surface area contributed by atoms with Gasteiger partial charge in [-0.05, 0) is 26.0 Å². The Morgan fingerprint density at radius 1 is 1.38 bits per heavy atom. The van der Waals surface area contributed by atoms with Gasteiger partial charge < -0.3 is 5.32 Å². The third kappa shape index (κ3) is 2.70. The molecule has 2 nitrogen and oxygen atoms in total. The average molecular weight is 248 g/mol. The van der Waals surface area contributed by atoms with Crippen LogP contribution in [0, 0.1) is 17.0 Å². The number of para-hydroxylation sites is 1. The summed E-state index contributed by atoms with van der Waals surface area (Å²) in [4.78, 5) is 11.6. The van der Waals surface area contributed by atoms with Gasteiger partial charge in [0.25, 0.3) is 0 Å². The van der Waals surface area contributed by atoms with Crippen molar-refractivity contribution in [2.24, 2.45) is 5.41 Å². The molecule has 1 rings (SSSR count). The first-order valence-electron chi connectivity index (χ1n) is 4.70. The third-order valence-electron chi connectivity index (χ3n) is 2.15. The summed E-state index contributed by atoms with van der Waals surface area (Å²) in [6.07, 6.45) is 0. The predicted molar refractivity (Wildman–Crippen MR) is 59.5 cm³/mol. The number of rotatable bonds is 3. The molecule has 0 spiro atoms. The summed E-state index contributed by atoms with van der Waals surface area (Å²) in [5.41, 5.74) is -1.32. The maximum Gasteiger partial charge on any atom is 0.231 e. The number of carbonyl (C=O) groups is 1. The lowest BCUT2D eigenvalue weighted by molar-refractivity contribution is -0.123. The van der Waals surface area contributed by atoms with Gasteiger partial charge in [-0.1, -0.05) is 6.07 Å². The Morgan fingerprint density at radius 2 is 1.88 bits per heavy atom. The van der Waals surface area contributed by atoms with Crippen LogP contribution in [0.3, 0.4) is 0 Å². The maximum absolute atomic E-state index is 13.2. The second-order valence-electron chi connectivity index (χ2n) is 4.07. The Morgan fingerprint density at radius 3 is 2.31 bits per heavy atom. The molecule has 0 saturated carbocycles. The first kappa shape index (κ1) is 12.9. The van der Waals surface area contributed by atoms with E-state index in [1.807, 2.05) is 0 Å². The Hall–Kier alpha value is -1.16. The molecule has 0 aliphatic rings. The summed E-state index contributed by atoms with van der Waals surface area (Å²) in [7, 11) is 0. The molecule has 0 bridgehead atoms. The molecule has 0 unspecified atom stereocenters. The lowest BCUT2D eigenvalue weighted by Crippen LogP contribution is -2.32. The fourth-order valence-corrected chi connectivity index (χ4v) is 1.08. The minimum absolute atomic E-state index is 0.0644. The largest absolute Gasteiger partial charge is 0.321 e. The van der Waals surface area contributed by atoms with Gasteiger partial charge in [0, 0.05) is 5.88 Å². The van der Waals surface area contributed by atoms with Gasteiger partial charge in [-0.25, -0.2) is 8.78 Å². The van der Waals surface area contributed by atoms with Crippen LogP contribution in [0.1, 0.15) is 13.8 Å². The van der Waals surface area contributed by atoms with Crippen molar-refractivity contribution >= 4 is 23.2 Å². The highest BCUT2D eigenvalue weighted by molar-refractivity contribution is 6.20. The van der Waals surface area contributed by atoms with Crippen molar-refractivity contribution in [2.45, 2.75) is 13.8 Å². The normalized spacial score (nSPS) is 11.3. The number of benzene rings is 1. The van der Waals surface area contributed by atoms with Crippen molar-refractivity contribution in [2.75, 3.05) is 11.2 Å². The van der Waals surface area contributed by atoms with Crippen LogP contribution in [0.2, 0.25) is 0 Å². The van der Waals surface area contributed by atoms with Crippen LogP contribution in [0.15, 0.2) is 18.2 Å². The molecule has 0 saturated heterocycles. The summed E-state index contributed by atoms with van der Waals surface area (Å²) in [6, 6.07) is 3.38. The molecule has 5 heteroatoms. The number of halogens is 3. The highest BCUT2D eigenvalue weighted by Crippen LogP contribution is 2.23. The Kier molecular flexibility index (Phi) is 3.86. The Bertz CT molecular complexity index is 387. The van der Waals surface area contributed by atoms with E-state index in [9.17, 15) is 13.6 Å². The van der Waals surface area contributed by atoms with Crippen LogP contribution in [0.4, 0.5) is 14.5 Å². The van der Waals surface area contributed by atoms with Gasteiger partial charge in [-0.2, -0.15) is 0 Å². The van der Waals surface area contributed by atoms with Crippen LogP contribution in [0.25, 0.3) is 0 Å². The Balaban J connectivity index is 2.94. The molecular weight excluding hydrogens is 236 g/mol. The fraction of sp³-hybridized carbons (Fsp3) is 0.364. The molecule has 1 amide bonds. The smallest absolute Gasteiger partial charge is 0.231 e. The van der Waals surface area contributed by atoms with Gasteiger partial charge in [0.1, 0.15) is 17.3 Å². The molecule has 1 N–H and O–H groups in total. The molecule has 88 valence electrons. The maximum atomic E-state index is 13.2. The van der Waals surface area contributed by atoms with Crippen molar-refractivity contribution in [1.82, 2.24) is 0 Å². The van der Waals surface area contributed by atoms with E-state index < -0.39 is 28.6 Å². The first-order valence-corrected chi connectivity index (χ1v) is 5.23. The van der Waals surface area contributed by atoms with Crippen LogP contribution >= 0.6 is 11.6 Å². The predicted octanol–water partition coefficient (Wildman–Crippen LogP) is 3.17. The van der Waals surface area contributed by atoms with Gasteiger partial charge >= 0.3 is 0 Å². The van der Waals surface area contributed by atoms with Gasteiger partial charge in [-0.15, -0.1) is 11.6 Å². The molecular formula is C11H12ClF2NO. The third-order valence-corrected chi connectivity index (χ3v) is 2.82. The van der Waals surface area contributed by atoms with E-state index in [4.69, 9.17) is 11.6 Å². The first-order chi connectivity index (χ1) is 7.38. The van der Waals surface area contributed by atoms with E-state index >= 15 is 0 Å². The number of carbonyl (C=O) groups excluding carboxylic acids is 1. The number of alkyl halides is 1. The minimum atomic E-state index is -0.879. The van der Waals surface area contributed by atoms with E-state index in [-0.39, 0.29) is 5.88 Å². The topological polar surface area (TPSA) is 29.1 Å². The SMILES string of the molecule is CC(C)(CCl)C(=O)Nc1c(F)cccc1F. The van der Waals surface area contributed by atoms with E-state index in [0.29, 0.717) is 0 Å². The second-order valence-corrected chi connectivity index (χ2v) is 4.34. The molecule has 0 fully saturated rings.